The molecule has 0 atom stereocenters. The van der Waals surface area contributed by atoms with Gasteiger partial charge >= 0.3 is 5.97 Å². The molecule has 3 aliphatic rings. The maximum Gasteiger partial charge on any atom is 0.318 e. The third kappa shape index (κ3) is 1.40. The Kier molecular flexibility index (Phi) is 2.22. The van der Waals surface area contributed by atoms with Crippen LogP contribution in [0, 0.1) is 0 Å². The highest BCUT2D eigenvalue weighted by Gasteiger charge is 2.48. The van der Waals surface area contributed by atoms with E-state index in [9.17, 15) is 9.90 Å². The van der Waals surface area contributed by atoms with E-state index in [-0.39, 0.29) is 0 Å². The largest absolute Gasteiger partial charge is 0.480 e. The predicted molar refractivity (Wildman–Crippen MR) is 70.8 cm³/mol. The van der Waals surface area contributed by atoms with Crippen molar-refractivity contribution >= 4 is 11.7 Å². The van der Waals surface area contributed by atoms with Gasteiger partial charge in [-0.1, -0.05) is 12.1 Å². The molecule has 3 aliphatic heterocycles. The van der Waals surface area contributed by atoms with Gasteiger partial charge in [-0.05, 0) is 36.0 Å². The maximum absolute atomic E-state index is 11.6. The van der Waals surface area contributed by atoms with Crippen LogP contribution in [0.15, 0.2) is 12.1 Å². The van der Waals surface area contributed by atoms with Crippen molar-refractivity contribution in [3.8, 4) is 0 Å². The molecule has 3 heterocycles. The van der Waals surface area contributed by atoms with E-state index < -0.39 is 11.4 Å². The lowest BCUT2D eigenvalue weighted by Gasteiger charge is -2.39. The summed E-state index contributed by atoms with van der Waals surface area (Å²) in [6, 6.07) is 4.23. The Morgan fingerprint density at radius 1 is 1.21 bits per heavy atom. The number of benzene rings is 1. The number of carboxylic acid groups (broad SMARTS) is 1. The summed E-state index contributed by atoms with van der Waals surface area (Å²) in [4.78, 5) is 14.0. The average molecular weight is 259 g/mol. The van der Waals surface area contributed by atoms with Gasteiger partial charge in [0, 0.05) is 18.8 Å². The Morgan fingerprint density at radius 2 is 1.95 bits per heavy atom. The van der Waals surface area contributed by atoms with Crippen molar-refractivity contribution < 1.29 is 14.6 Å². The quantitative estimate of drug-likeness (QED) is 0.871. The van der Waals surface area contributed by atoms with Gasteiger partial charge in [0.05, 0.1) is 13.2 Å². The van der Waals surface area contributed by atoms with Gasteiger partial charge in [-0.15, -0.1) is 0 Å². The van der Waals surface area contributed by atoms with Gasteiger partial charge in [0.25, 0.3) is 0 Å². The van der Waals surface area contributed by atoms with Crippen LogP contribution in [0.1, 0.15) is 23.1 Å². The molecule has 1 N–H and O–H groups in total. The van der Waals surface area contributed by atoms with E-state index in [0.717, 1.165) is 31.5 Å². The maximum atomic E-state index is 11.6. The first kappa shape index (κ1) is 11.3. The third-order valence-electron chi connectivity index (χ3n) is 4.77. The second-order valence-electron chi connectivity index (χ2n) is 5.86. The lowest BCUT2D eigenvalue weighted by Crippen LogP contribution is -2.53. The molecule has 1 aromatic carbocycles. The molecule has 0 aliphatic carbocycles. The lowest BCUT2D eigenvalue weighted by atomic mass is 9.76. The summed E-state index contributed by atoms with van der Waals surface area (Å²) in [5.74, 6) is -0.753. The topological polar surface area (TPSA) is 49.8 Å². The van der Waals surface area contributed by atoms with Crippen molar-refractivity contribution in [1.29, 1.82) is 0 Å². The second kappa shape index (κ2) is 3.73. The zero-order chi connectivity index (χ0) is 13.0. The van der Waals surface area contributed by atoms with Crippen LogP contribution in [-0.4, -0.2) is 37.4 Å². The highest BCUT2D eigenvalue weighted by Crippen LogP contribution is 2.41. The molecule has 19 heavy (non-hydrogen) atoms. The Hall–Kier alpha value is -1.55. The standard InChI is InChI=1S/C15H17NO3/c17-14(18)15(8-19-9-15)12-6-10-2-1-4-16-5-3-11(7-12)13(10)16/h6-7H,1-5,8-9H2,(H,17,18). The molecular formula is C15H17NO3. The number of ether oxygens (including phenoxy) is 1. The molecule has 0 bridgehead atoms. The van der Waals surface area contributed by atoms with Crippen molar-refractivity contribution in [3.63, 3.8) is 0 Å². The molecule has 4 rings (SSSR count). The minimum absolute atomic E-state index is 0.310. The van der Waals surface area contributed by atoms with Crippen molar-refractivity contribution in [2.45, 2.75) is 24.7 Å². The van der Waals surface area contributed by atoms with Gasteiger partial charge < -0.3 is 14.7 Å². The van der Waals surface area contributed by atoms with Crippen molar-refractivity contribution in [3.05, 3.63) is 28.8 Å². The number of hydrogen-bond acceptors (Lipinski definition) is 3. The number of rotatable bonds is 2. The highest BCUT2D eigenvalue weighted by molar-refractivity contribution is 5.84. The van der Waals surface area contributed by atoms with Gasteiger partial charge in [-0.3, -0.25) is 4.79 Å². The fraction of sp³-hybridized carbons (Fsp3) is 0.533. The monoisotopic (exact) mass is 259 g/mol. The van der Waals surface area contributed by atoms with Crippen LogP contribution in [0.25, 0.3) is 0 Å². The van der Waals surface area contributed by atoms with Crippen LogP contribution in [0.3, 0.4) is 0 Å². The average Bonchev–Trinajstić information content (AvgIpc) is 2.73. The highest BCUT2D eigenvalue weighted by atomic mass is 16.5. The van der Waals surface area contributed by atoms with Gasteiger partial charge in [0.15, 0.2) is 0 Å². The molecular weight excluding hydrogens is 242 g/mol. The number of aryl methyl sites for hydroxylation is 1. The van der Waals surface area contributed by atoms with E-state index in [1.165, 1.54) is 23.2 Å². The number of carbonyl (C=O) groups is 1. The molecule has 0 spiro atoms. The van der Waals surface area contributed by atoms with Gasteiger partial charge in [0.2, 0.25) is 0 Å². The smallest absolute Gasteiger partial charge is 0.318 e. The molecule has 1 aromatic rings. The zero-order valence-electron chi connectivity index (χ0n) is 10.8. The molecule has 4 nitrogen and oxygen atoms in total. The molecule has 0 saturated carbocycles. The normalized spacial score (nSPS) is 22.8. The number of aliphatic carboxylic acids is 1. The van der Waals surface area contributed by atoms with Gasteiger partial charge in [-0.25, -0.2) is 0 Å². The van der Waals surface area contributed by atoms with E-state index in [1.54, 1.807) is 0 Å². The summed E-state index contributed by atoms with van der Waals surface area (Å²) in [5.41, 5.74) is 4.21. The lowest BCUT2D eigenvalue weighted by molar-refractivity contribution is -0.163. The number of nitrogens with zero attached hydrogens (tertiary/aromatic N) is 1. The van der Waals surface area contributed by atoms with Crippen LogP contribution >= 0.6 is 0 Å². The minimum atomic E-state index is -0.795. The summed E-state index contributed by atoms with van der Waals surface area (Å²) < 4.78 is 5.19. The molecule has 1 fully saturated rings. The first-order valence-corrected chi connectivity index (χ1v) is 6.93. The number of hydrogen-bond donors (Lipinski definition) is 1. The fourth-order valence-electron chi connectivity index (χ4n) is 3.59. The summed E-state index contributed by atoms with van der Waals surface area (Å²) >= 11 is 0. The predicted octanol–water partition coefficient (Wildman–Crippen LogP) is 1.35. The summed E-state index contributed by atoms with van der Waals surface area (Å²) in [6.45, 7) is 2.85. The van der Waals surface area contributed by atoms with E-state index in [1.807, 2.05) is 0 Å². The van der Waals surface area contributed by atoms with Crippen LogP contribution in [-0.2, 0) is 27.8 Å². The van der Waals surface area contributed by atoms with E-state index in [2.05, 4.69) is 17.0 Å². The number of carboxylic acids is 1. The van der Waals surface area contributed by atoms with Crippen molar-refractivity contribution in [1.82, 2.24) is 0 Å². The first-order chi connectivity index (χ1) is 9.21. The summed E-state index contributed by atoms with van der Waals surface area (Å²) in [5, 5.41) is 9.52. The Labute approximate surface area is 112 Å². The van der Waals surface area contributed by atoms with E-state index >= 15 is 0 Å². The molecule has 100 valence electrons. The van der Waals surface area contributed by atoms with Crippen LogP contribution in [0.5, 0.6) is 0 Å². The fourth-order valence-corrected chi connectivity index (χ4v) is 3.59. The molecule has 0 radical (unpaired) electrons. The minimum Gasteiger partial charge on any atom is -0.480 e. The van der Waals surface area contributed by atoms with E-state index in [4.69, 9.17) is 4.74 Å². The van der Waals surface area contributed by atoms with E-state index in [0.29, 0.717) is 13.2 Å². The SMILES string of the molecule is O=C(O)C1(c2cc3c4c(c2)CCN4CCC3)COC1. The second-order valence-corrected chi connectivity index (χ2v) is 5.86. The van der Waals surface area contributed by atoms with Crippen molar-refractivity contribution in [2.75, 3.05) is 31.2 Å². The first-order valence-electron chi connectivity index (χ1n) is 6.93. The Morgan fingerprint density at radius 3 is 2.58 bits per heavy atom. The summed E-state index contributed by atoms with van der Waals surface area (Å²) in [6.07, 6.45) is 3.29. The molecule has 1 saturated heterocycles. The van der Waals surface area contributed by atoms with Gasteiger partial charge in [0.1, 0.15) is 5.41 Å². The summed E-state index contributed by atoms with van der Waals surface area (Å²) in [7, 11) is 0. The van der Waals surface area contributed by atoms with Crippen LogP contribution in [0.2, 0.25) is 0 Å². The van der Waals surface area contributed by atoms with Crippen LogP contribution < -0.4 is 4.90 Å². The van der Waals surface area contributed by atoms with Crippen molar-refractivity contribution in [2.24, 2.45) is 0 Å². The molecule has 0 aromatic heterocycles. The number of anilines is 1. The molecule has 0 amide bonds. The Balaban J connectivity index is 1.85. The van der Waals surface area contributed by atoms with Gasteiger partial charge in [-0.2, -0.15) is 0 Å². The zero-order valence-corrected chi connectivity index (χ0v) is 10.8. The molecule has 0 unspecified atom stereocenters. The molecule has 4 heteroatoms. The third-order valence-corrected chi connectivity index (χ3v) is 4.77. The Bertz CT molecular complexity index is 563. The van der Waals surface area contributed by atoms with Crippen LogP contribution in [0.4, 0.5) is 5.69 Å².